The van der Waals surface area contributed by atoms with Gasteiger partial charge in [0.1, 0.15) is 5.78 Å². The molecular formula is C10H12O2. The lowest BCUT2D eigenvalue weighted by atomic mass is 9.83. The van der Waals surface area contributed by atoms with Gasteiger partial charge < -0.3 is 4.42 Å². The largest absolute Gasteiger partial charge is 0.472 e. The van der Waals surface area contributed by atoms with Crippen molar-refractivity contribution < 1.29 is 9.21 Å². The molecule has 2 heteroatoms. The van der Waals surface area contributed by atoms with Gasteiger partial charge in [0.05, 0.1) is 12.5 Å². The molecule has 0 aliphatic heterocycles. The molecule has 0 spiro atoms. The molecule has 0 aromatic carbocycles. The zero-order chi connectivity index (χ0) is 8.60. The molecule has 1 unspecified atom stereocenters. The predicted molar refractivity (Wildman–Crippen MR) is 44.9 cm³/mol. The van der Waals surface area contributed by atoms with Crippen molar-refractivity contribution in [3.63, 3.8) is 0 Å². The van der Waals surface area contributed by atoms with E-state index in [1.54, 1.807) is 12.5 Å². The highest BCUT2D eigenvalue weighted by Gasteiger charge is 2.35. The number of hydrogen-bond donors (Lipinski definition) is 0. The molecule has 1 saturated carbocycles. The van der Waals surface area contributed by atoms with Crippen LogP contribution in [0.15, 0.2) is 23.0 Å². The summed E-state index contributed by atoms with van der Waals surface area (Å²) >= 11 is 0. The van der Waals surface area contributed by atoms with E-state index >= 15 is 0 Å². The standard InChI is InChI=1S/C10H12O2/c1-10(4-2-9(11)6-10)8-3-5-12-7-8/h3,5,7H,2,4,6H2,1H3. The van der Waals surface area contributed by atoms with Crippen LogP contribution in [0, 0.1) is 0 Å². The van der Waals surface area contributed by atoms with Gasteiger partial charge >= 0.3 is 0 Å². The first kappa shape index (κ1) is 7.59. The Morgan fingerprint density at radius 1 is 1.58 bits per heavy atom. The molecule has 1 aromatic rings. The predicted octanol–water partition coefficient (Wildman–Crippen LogP) is 2.29. The Kier molecular flexibility index (Phi) is 1.56. The third-order valence-corrected chi connectivity index (χ3v) is 2.76. The van der Waals surface area contributed by atoms with Crippen LogP contribution in [0.2, 0.25) is 0 Å². The second kappa shape index (κ2) is 2.47. The van der Waals surface area contributed by atoms with Crippen LogP contribution < -0.4 is 0 Å². The van der Waals surface area contributed by atoms with Crippen molar-refractivity contribution in [3.8, 4) is 0 Å². The van der Waals surface area contributed by atoms with Crippen LogP contribution in [0.1, 0.15) is 31.7 Å². The summed E-state index contributed by atoms with van der Waals surface area (Å²) in [7, 11) is 0. The van der Waals surface area contributed by atoms with Crippen LogP contribution >= 0.6 is 0 Å². The van der Waals surface area contributed by atoms with Gasteiger partial charge in [0.2, 0.25) is 0 Å². The van der Waals surface area contributed by atoms with Gasteiger partial charge in [-0.1, -0.05) is 6.92 Å². The second-order valence-corrected chi connectivity index (χ2v) is 3.79. The van der Waals surface area contributed by atoms with Gasteiger partial charge in [-0.05, 0) is 18.1 Å². The van der Waals surface area contributed by atoms with E-state index in [0.29, 0.717) is 12.2 Å². The van der Waals surface area contributed by atoms with Crippen LogP contribution in [0.4, 0.5) is 0 Å². The molecule has 1 fully saturated rings. The smallest absolute Gasteiger partial charge is 0.133 e. The number of rotatable bonds is 1. The van der Waals surface area contributed by atoms with Crippen LogP contribution in [0.3, 0.4) is 0 Å². The minimum absolute atomic E-state index is 0.0457. The lowest BCUT2D eigenvalue weighted by molar-refractivity contribution is -0.117. The highest BCUT2D eigenvalue weighted by atomic mass is 16.3. The normalized spacial score (nSPS) is 29.6. The van der Waals surface area contributed by atoms with E-state index in [1.165, 1.54) is 0 Å². The maximum atomic E-state index is 11.1. The van der Waals surface area contributed by atoms with Crippen molar-refractivity contribution in [1.29, 1.82) is 0 Å². The van der Waals surface area contributed by atoms with Crippen molar-refractivity contribution in [2.75, 3.05) is 0 Å². The van der Waals surface area contributed by atoms with Gasteiger partial charge in [-0.15, -0.1) is 0 Å². The SMILES string of the molecule is CC1(c2ccoc2)CCC(=O)C1. The Labute approximate surface area is 71.6 Å². The zero-order valence-corrected chi connectivity index (χ0v) is 7.17. The van der Waals surface area contributed by atoms with Crippen LogP contribution in [0.25, 0.3) is 0 Å². The fourth-order valence-corrected chi connectivity index (χ4v) is 1.88. The Hall–Kier alpha value is -1.05. The minimum atomic E-state index is 0.0457. The van der Waals surface area contributed by atoms with E-state index in [2.05, 4.69) is 6.92 Å². The van der Waals surface area contributed by atoms with Crippen molar-refractivity contribution in [2.45, 2.75) is 31.6 Å². The molecule has 1 heterocycles. The second-order valence-electron chi connectivity index (χ2n) is 3.79. The van der Waals surface area contributed by atoms with Crippen molar-refractivity contribution in [1.82, 2.24) is 0 Å². The topological polar surface area (TPSA) is 30.2 Å². The molecule has 0 bridgehead atoms. The van der Waals surface area contributed by atoms with E-state index in [0.717, 1.165) is 18.4 Å². The monoisotopic (exact) mass is 164 g/mol. The van der Waals surface area contributed by atoms with Crippen molar-refractivity contribution >= 4 is 5.78 Å². The zero-order valence-electron chi connectivity index (χ0n) is 7.17. The van der Waals surface area contributed by atoms with Gasteiger partial charge in [0.25, 0.3) is 0 Å². The fourth-order valence-electron chi connectivity index (χ4n) is 1.88. The van der Waals surface area contributed by atoms with Crippen LogP contribution in [0.5, 0.6) is 0 Å². The van der Waals surface area contributed by atoms with Gasteiger partial charge in [-0.3, -0.25) is 4.79 Å². The summed E-state index contributed by atoms with van der Waals surface area (Å²) in [6, 6.07) is 1.96. The summed E-state index contributed by atoms with van der Waals surface area (Å²) in [6.45, 7) is 2.13. The Balaban J connectivity index is 2.28. The summed E-state index contributed by atoms with van der Waals surface area (Å²) in [5.41, 5.74) is 1.21. The lowest BCUT2D eigenvalue weighted by Gasteiger charge is -2.19. The molecular weight excluding hydrogens is 152 g/mol. The minimum Gasteiger partial charge on any atom is -0.472 e. The summed E-state index contributed by atoms with van der Waals surface area (Å²) in [6.07, 6.45) is 5.78. The molecule has 1 aromatic heterocycles. The summed E-state index contributed by atoms with van der Waals surface area (Å²) in [5.74, 6) is 0.374. The maximum Gasteiger partial charge on any atom is 0.133 e. The Bertz CT molecular complexity index is 287. The van der Waals surface area contributed by atoms with Crippen molar-refractivity contribution in [3.05, 3.63) is 24.2 Å². The molecule has 1 aliphatic carbocycles. The van der Waals surface area contributed by atoms with E-state index < -0.39 is 0 Å². The molecule has 0 N–H and O–H groups in total. The molecule has 0 radical (unpaired) electrons. The Morgan fingerprint density at radius 3 is 2.92 bits per heavy atom. The van der Waals surface area contributed by atoms with E-state index in [4.69, 9.17) is 4.42 Å². The quantitative estimate of drug-likeness (QED) is 0.637. The summed E-state index contributed by atoms with van der Waals surface area (Å²) < 4.78 is 5.02. The fraction of sp³-hybridized carbons (Fsp3) is 0.500. The average molecular weight is 164 g/mol. The van der Waals surface area contributed by atoms with Gasteiger partial charge in [-0.2, -0.15) is 0 Å². The molecule has 12 heavy (non-hydrogen) atoms. The number of furan rings is 1. The first-order valence-corrected chi connectivity index (χ1v) is 4.25. The molecule has 64 valence electrons. The summed E-state index contributed by atoms with van der Waals surface area (Å²) in [5, 5.41) is 0. The number of carbonyl (C=O) groups is 1. The number of Topliss-reactive ketones (excluding diaryl/α,β-unsaturated/α-hetero) is 1. The highest BCUT2D eigenvalue weighted by molar-refractivity contribution is 5.82. The molecule has 2 rings (SSSR count). The first-order valence-electron chi connectivity index (χ1n) is 4.25. The summed E-state index contributed by atoms with van der Waals surface area (Å²) in [4.78, 5) is 11.1. The Morgan fingerprint density at radius 2 is 2.42 bits per heavy atom. The first-order chi connectivity index (χ1) is 5.71. The van der Waals surface area contributed by atoms with E-state index in [-0.39, 0.29) is 5.41 Å². The van der Waals surface area contributed by atoms with Crippen LogP contribution in [-0.2, 0) is 10.2 Å². The van der Waals surface area contributed by atoms with Crippen LogP contribution in [-0.4, -0.2) is 5.78 Å². The third-order valence-electron chi connectivity index (χ3n) is 2.76. The third kappa shape index (κ3) is 1.07. The van der Waals surface area contributed by atoms with E-state index in [9.17, 15) is 4.79 Å². The average Bonchev–Trinajstić information content (AvgIpc) is 2.59. The van der Waals surface area contributed by atoms with E-state index in [1.807, 2.05) is 6.07 Å². The van der Waals surface area contributed by atoms with Gasteiger partial charge in [-0.25, -0.2) is 0 Å². The molecule has 0 saturated heterocycles. The molecule has 2 nitrogen and oxygen atoms in total. The number of hydrogen-bond acceptors (Lipinski definition) is 2. The highest BCUT2D eigenvalue weighted by Crippen LogP contribution is 2.38. The maximum absolute atomic E-state index is 11.1. The van der Waals surface area contributed by atoms with Crippen molar-refractivity contribution in [2.24, 2.45) is 0 Å². The number of ketones is 1. The van der Waals surface area contributed by atoms with Gasteiger partial charge in [0, 0.05) is 18.3 Å². The lowest BCUT2D eigenvalue weighted by Crippen LogP contribution is -2.16. The van der Waals surface area contributed by atoms with Gasteiger partial charge in [0.15, 0.2) is 0 Å². The number of carbonyl (C=O) groups excluding carboxylic acids is 1. The molecule has 1 atom stereocenters. The molecule has 1 aliphatic rings. The molecule has 0 amide bonds.